The van der Waals surface area contributed by atoms with E-state index >= 15 is 0 Å². The van der Waals surface area contributed by atoms with E-state index in [1.165, 1.54) is 11.8 Å². The molecule has 0 radical (unpaired) electrons. The van der Waals surface area contributed by atoms with Crippen molar-refractivity contribution in [1.82, 2.24) is 5.32 Å². The van der Waals surface area contributed by atoms with E-state index in [1.807, 2.05) is 6.08 Å². The number of fused-ring (bicyclic) bond motifs is 1. The summed E-state index contributed by atoms with van der Waals surface area (Å²) in [4.78, 5) is 16.1. The molecular formula is C7H10ClN3OS. The Morgan fingerprint density at radius 2 is 2.54 bits per heavy atom. The van der Waals surface area contributed by atoms with Crippen molar-refractivity contribution in [1.29, 1.82) is 0 Å². The zero-order valence-corrected chi connectivity index (χ0v) is 8.40. The van der Waals surface area contributed by atoms with Crippen LogP contribution in [0.3, 0.4) is 0 Å². The highest BCUT2D eigenvalue weighted by atomic mass is 35.5. The summed E-state index contributed by atoms with van der Waals surface area (Å²) in [6.07, 6.45) is 3.69. The van der Waals surface area contributed by atoms with Crippen LogP contribution in [0.1, 0.15) is 0 Å². The van der Waals surface area contributed by atoms with E-state index in [2.05, 4.69) is 10.3 Å². The standard InChI is InChI=1S/C7H9N3OS.ClH/c8-6(11)7-10-4-3-9-2-1-5(4)12-7;/h1-2,4,7,10H,3H2,(H2,8,11);1H. The van der Waals surface area contributed by atoms with Crippen molar-refractivity contribution in [2.45, 2.75) is 11.4 Å². The molecule has 2 atom stereocenters. The normalized spacial score (nSPS) is 30.3. The first-order chi connectivity index (χ1) is 5.77. The minimum absolute atomic E-state index is 0. The SMILES string of the molecule is Cl.NC(=O)C1NC2CN=CC=C2S1. The third kappa shape index (κ3) is 2.04. The number of nitrogens with one attached hydrogen (secondary N) is 1. The minimum Gasteiger partial charge on any atom is -0.368 e. The molecule has 0 aromatic heterocycles. The van der Waals surface area contributed by atoms with E-state index in [9.17, 15) is 4.79 Å². The van der Waals surface area contributed by atoms with Crippen LogP contribution < -0.4 is 11.1 Å². The summed E-state index contributed by atoms with van der Waals surface area (Å²) in [7, 11) is 0. The van der Waals surface area contributed by atoms with E-state index in [1.54, 1.807) is 6.21 Å². The second kappa shape index (κ2) is 4.13. The van der Waals surface area contributed by atoms with Crippen LogP contribution in [0.4, 0.5) is 0 Å². The Hall–Kier alpha value is -0.520. The fraction of sp³-hybridized carbons (Fsp3) is 0.429. The van der Waals surface area contributed by atoms with Gasteiger partial charge in [0.05, 0.1) is 12.6 Å². The first-order valence-corrected chi connectivity index (χ1v) is 4.57. The van der Waals surface area contributed by atoms with Gasteiger partial charge in [-0.2, -0.15) is 0 Å². The van der Waals surface area contributed by atoms with Gasteiger partial charge in [-0.15, -0.1) is 12.4 Å². The number of nitrogens with zero attached hydrogens (tertiary/aromatic N) is 1. The van der Waals surface area contributed by atoms with Gasteiger partial charge in [-0.05, 0) is 6.08 Å². The molecule has 2 aliphatic heterocycles. The van der Waals surface area contributed by atoms with Crippen molar-refractivity contribution >= 4 is 36.3 Å². The predicted molar refractivity (Wildman–Crippen MR) is 56.2 cm³/mol. The summed E-state index contributed by atoms with van der Waals surface area (Å²) >= 11 is 1.49. The molecule has 2 heterocycles. The number of amides is 1. The van der Waals surface area contributed by atoms with Crippen LogP contribution in [-0.2, 0) is 4.79 Å². The number of carbonyl (C=O) groups excluding carboxylic acids is 1. The molecule has 2 aliphatic rings. The van der Waals surface area contributed by atoms with Crippen molar-refractivity contribution in [2.24, 2.45) is 10.7 Å². The van der Waals surface area contributed by atoms with E-state index < -0.39 is 0 Å². The molecule has 3 N–H and O–H groups in total. The lowest BCUT2D eigenvalue weighted by atomic mass is 10.2. The summed E-state index contributed by atoms with van der Waals surface area (Å²) < 4.78 is 0. The molecule has 0 bridgehead atoms. The van der Waals surface area contributed by atoms with Gasteiger partial charge in [0.1, 0.15) is 5.37 Å². The number of dihydropyridines is 1. The van der Waals surface area contributed by atoms with Crippen molar-refractivity contribution in [3.05, 3.63) is 11.0 Å². The van der Waals surface area contributed by atoms with E-state index in [0.717, 1.165) is 4.91 Å². The second-order valence-electron chi connectivity index (χ2n) is 2.70. The molecular weight excluding hydrogens is 210 g/mol. The van der Waals surface area contributed by atoms with Crippen LogP contribution in [0.15, 0.2) is 16.0 Å². The number of aliphatic imine (C=N–C) groups is 1. The molecule has 2 rings (SSSR count). The highest BCUT2D eigenvalue weighted by Crippen LogP contribution is 2.31. The van der Waals surface area contributed by atoms with E-state index in [4.69, 9.17) is 5.73 Å². The lowest BCUT2D eigenvalue weighted by molar-refractivity contribution is -0.118. The Morgan fingerprint density at radius 3 is 3.15 bits per heavy atom. The Morgan fingerprint density at radius 1 is 1.77 bits per heavy atom. The van der Waals surface area contributed by atoms with Gasteiger partial charge in [0.25, 0.3) is 0 Å². The Balaban J connectivity index is 0.000000845. The molecule has 0 aromatic rings. The van der Waals surface area contributed by atoms with Gasteiger partial charge in [0.15, 0.2) is 0 Å². The van der Waals surface area contributed by atoms with Gasteiger partial charge in [-0.25, -0.2) is 0 Å². The number of thioether (sulfide) groups is 1. The molecule has 1 saturated heterocycles. The lowest BCUT2D eigenvalue weighted by Crippen LogP contribution is -2.40. The number of allylic oxidation sites excluding steroid dienone is 1. The Labute approximate surface area is 86.5 Å². The number of halogens is 1. The monoisotopic (exact) mass is 219 g/mol. The molecule has 1 fully saturated rings. The average molecular weight is 220 g/mol. The highest BCUT2D eigenvalue weighted by Gasteiger charge is 2.32. The number of primary amides is 1. The Kier molecular flexibility index (Phi) is 3.35. The number of carbonyl (C=O) groups is 1. The number of hydrogen-bond donors (Lipinski definition) is 2. The number of rotatable bonds is 1. The summed E-state index contributed by atoms with van der Waals surface area (Å²) in [6.45, 7) is 0.711. The zero-order valence-electron chi connectivity index (χ0n) is 6.77. The van der Waals surface area contributed by atoms with E-state index in [-0.39, 0.29) is 29.7 Å². The molecule has 0 aliphatic carbocycles. The maximum absolute atomic E-state index is 10.8. The van der Waals surface area contributed by atoms with Crippen LogP contribution in [0.5, 0.6) is 0 Å². The van der Waals surface area contributed by atoms with Gasteiger partial charge in [0.2, 0.25) is 5.91 Å². The quantitative estimate of drug-likeness (QED) is 0.647. The lowest BCUT2D eigenvalue weighted by Gasteiger charge is -2.10. The third-order valence-electron chi connectivity index (χ3n) is 1.84. The topological polar surface area (TPSA) is 67.5 Å². The number of hydrogen-bond acceptors (Lipinski definition) is 4. The van der Waals surface area contributed by atoms with E-state index in [0.29, 0.717) is 6.54 Å². The third-order valence-corrected chi connectivity index (χ3v) is 3.14. The first-order valence-electron chi connectivity index (χ1n) is 3.69. The first kappa shape index (κ1) is 10.6. The maximum atomic E-state index is 10.8. The number of nitrogens with two attached hydrogens (primary N) is 1. The van der Waals surface area contributed by atoms with Crippen LogP contribution in [0, 0.1) is 0 Å². The molecule has 0 spiro atoms. The largest absolute Gasteiger partial charge is 0.368 e. The van der Waals surface area contributed by atoms with Gasteiger partial charge in [0, 0.05) is 11.1 Å². The molecule has 1 amide bonds. The van der Waals surface area contributed by atoms with Gasteiger partial charge in [-0.3, -0.25) is 15.1 Å². The molecule has 72 valence electrons. The molecule has 0 saturated carbocycles. The van der Waals surface area contributed by atoms with Gasteiger partial charge >= 0.3 is 0 Å². The highest BCUT2D eigenvalue weighted by molar-refractivity contribution is 8.04. The summed E-state index contributed by atoms with van der Waals surface area (Å²) in [6, 6.07) is 0.206. The van der Waals surface area contributed by atoms with Crippen molar-refractivity contribution in [3.63, 3.8) is 0 Å². The summed E-state index contributed by atoms with van der Waals surface area (Å²) in [5, 5.41) is 2.82. The fourth-order valence-electron chi connectivity index (χ4n) is 1.25. The molecule has 6 heteroatoms. The minimum atomic E-state index is -0.310. The predicted octanol–water partition coefficient (Wildman–Crippen LogP) is -0.107. The molecule has 2 unspecified atom stereocenters. The van der Waals surface area contributed by atoms with Crippen molar-refractivity contribution in [2.75, 3.05) is 6.54 Å². The van der Waals surface area contributed by atoms with Gasteiger partial charge in [-0.1, -0.05) is 11.8 Å². The maximum Gasteiger partial charge on any atom is 0.245 e. The fourth-order valence-corrected chi connectivity index (χ4v) is 2.31. The smallest absolute Gasteiger partial charge is 0.245 e. The van der Waals surface area contributed by atoms with Gasteiger partial charge < -0.3 is 5.73 Å². The second-order valence-corrected chi connectivity index (χ2v) is 3.88. The van der Waals surface area contributed by atoms with Crippen LogP contribution in [0.25, 0.3) is 0 Å². The molecule has 13 heavy (non-hydrogen) atoms. The molecule has 0 aromatic carbocycles. The summed E-state index contributed by atoms with van der Waals surface area (Å²) in [5.41, 5.74) is 5.16. The zero-order chi connectivity index (χ0) is 8.55. The van der Waals surface area contributed by atoms with Crippen LogP contribution in [0.2, 0.25) is 0 Å². The van der Waals surface area contributed by atoms with Crippen molar-refractivity contribution < 1.29 is 4.79 Å². The van der Waals surface area contributed by atoms with Crippen LogP contribution >= 0.6 is 24.2 Å². The molecule has 4 nitrogen and oxygen atoms in total. The average Bonchev–Trinajstić information content (AvgIpc) is 2.46. The Bertz CT molecular complexity index is 279. The van der Waals surface area contributed by atoms with Crippen LogP contribution in [-0.4, -0.2) is 30.1 Å². The summed E-state index contributed by atoms with van der Waals surface area (Å²) in [5.74, 6) is -0.310. The van der Waals surface area contributed by atoms with Crippen molar-refractivity contribution in [3.8, 4) is 0 Å².